The number of carbonyl (C=O) groups is 1. The lowest BCUT2D eigenvalue weighted by Gasteiger charge is -2.11. The quantitative estimate of drug-likeness (QED) is 0.371. The maximum atomic E-state index is 13.4. The van der Waals surface area contributed by atoms with Crippen LogP contribution in [0.3, 0.4) is 0 Å². The molecule has 0 fully saturated rings. The van der Waals surface area contributed by atoms with Crippen molar-refractivity contribution in [1.82, 2.24) is 28.7 Å². The van der Waals surface area contributed by atoms with E-state index in [0.29, 0.717) is 28.1 Å². The van der Waals surface area contributed by atoms with E-state index in [9.17, 15) is 14.4 Å². The summed E-state index contributed by atoms with van der Waals surface area (Å²) in [5, 5.41) is 3.40. The average molecular weight is 516 g/mol. The highest BCUT2D eigenvalue weighted by molar-refractivity contribution is 6.30. The summed E-state index contributed by atoms with van der Waals surface area (Å²) in [6, 6.07) is 17.8. The zero-order valence-electron chi connectivity index (χ0n) is 20.1. The van der Waals surface area contributed by atoms with Gasteiger partial charge in [0.2, 0.25) is 5.91 Å². The number of hydrogen-bond acceptors (Lipinski definition) is 6. The van der Waals surface area contributed by atoms with Gasteiger partial charge in [-0.25, -0.2) is 14.8 Å². The van der Waals surface area contributed by atoms with Crippen molar-refractivity contribution < 1.29 is 4.79 Å². The second kappa shape index (κ2) is 9.82. The van der Waals surface area contributed by atoms with Crippen molar-refractivity contribution in [1.29, 1.82) is 0 Å². The Bertz CT molecular complexity index is 1740. The van der Waals surface area contributed by atoms with E-state index in [2.05, 4.69) is 20.3 Å². The predicted octanol–water partition coefficient (Wildman–Crippen LogP) is 3.00. The van der Waals surface area contributed by atoms with Crippen LogP contribution in [-0.2, 0) is 24.9 Å². The van der Waals surface area contributed by atoms with Crippen LogP contribution in [0.1, 0.15) is 11.5 Å². The molecule has 1 amide bonds. The summed E-state index contributed by atoms with van der Waals surface area (Å²) < 4.78 is 3.90. The third kappa shape index (κ3) is 4.78. The molecule has 0 saturated heterocycles. The zero-order chi connectivity index (χ0) is 26.1. The number of nitrogens with one attached hydrogen (secondary N) is 1. The van der Waals surface area contributed by atoms with Gasteiger partial charge >= 0.3 is 5.69 Å². The fourth-order valence-corrected chi connectivity index (χ4v) is 4.20. The van der Waals surface area contributed by atoms with E-state index in [-0.39, 0.29) is 24.3 Å². The number of imidazole rings is 1. The number of aryl methyl sites for hydroxylation is 2. The first-order valence-corrected chi connectivity index (χ1v) is 11.8. The van der Waals surface area contributed by atoms with Gasteiger partial charge in [-0.15, -0.1) is 0 Å². The van der Waals surface area contributed by atoms with Gasteiger partial charge in [0.25, 0.3) is 5.56 Å². The Balaban J connectivity index is 1.46. The third-order valence-corrected chi connectivity index (χ3v) is 6.18. The van der Waals surface area contributed by atoms with E-state index in [4.69, 9.17) is 11.6 Å². The number of fused-ring (bicyclic) bond motifs is 1. The van der Waals surface area contributed by atoms with Gasteiger partial charge in [0, 0.05) is 23.8 Å². The lowest BCUT2D eigenvalue weighted by atomic mass is 10.1. The summed E-state index contributed by atoms with van der Waals surface area (Å²) in [6.45, 7) is 1.49. The minimum absolute atomic E-state index is 0.000120. The SMILES string of the molecule is Cc1nc2c(c(=O)n(Cc3ccccn3)c(=O)n2C)n1CC(=O)Nc1cccc(-c2ccc(Cl)cc2)n1. The summed E-state index contributed by atoms with van der Waals surface area (Å²) in [6.07, 6.45) is 1.60. The molecule has 0 radical (unpaired) electrons. The maximum Gasteiger partial charge on any atom is 0.332 e. The molecule has 4 heterocycles. The van der Waals surface area contributed by atoms with E-state index in [1.807, 2.05) is 18.2 Å². The van der Waals surface area contributed by atoms with Crippen molar-refractivity contribution >= 4 is 34.5 Å². The van der Waals surface area contributed by atoms with Crippen molar-refractivity contribution in [3.05, 3.63) is 104 Å². The molecule has 0 atom stereocenters. The Hall–Kier alpha value is -4.57. The topological polar surface area (TPSA) is 117 Å². The van der Waals surface area contributed by atoms with E-state index in [0.717, 1.165) is 10.1 Å². The van der Waals surface area contributed by atoms with Crippen molar-refractivity contribution in [3.63, 3.8) is 0 Å². The molecule has 37 heavy (non-hydrogen) atoms. The number of nitrogens with zero attached hydrogens (tertiary/aromatic N) is 6. The maximum absolute atomic E-state index is 13.4. The summed E-state index contributed by atoms with van der Waals surface area (Å²) >= 11 is 5.97. The van der Waals surface area contributed by atoms with Gasteiger partial charge in [-0.05, 0) is 43.3 Å². The highest BCUT2D eigenvalue weighted by Gasteiger charge is 2.20. The number of pyridine rings is 2. The first-order chi connectivity index (χ1) is 17.8. The summed E-state index contributed by atoms with van der Waals surface area (Å²) in [5.41, 5.74) is 1.40. The van der Waals surface area contributed by atoms with E-state index < -0.39 is 17.2 Å². The normalized spacial score (nSPS) is 11.1. The van der Waals surface area contributed by atoms with Crippen LogP contribution >= 0.6 is 11.6 Å². The Kier molecular flexibility index (Phi) is 6.41. The molecule has 4 aromatic heterocycles. The lowest BCUT2D eigenvalue weighted by Crippen LogP contribution is -2.40. The molecule has 0 spiro atoms. The molecule has 0 bridgehead atoms. The molecule has 1 aromatic carbocycles. The van der Waals surface area contributed by atoms with Crippen LogP contribution in [0.4, 0.5) is 5.82 Å². The summed E-state index contributed by atoms with van der Waals surface area (Å²) in [7, 11) is 1.54. The number of anilines is 1. The van der Waals surface area contributed by atoms with Crippen molar-refractivity contribution in [2.24, 2.45) is 7.05 Å². The van der Waals surface area contributed by atoms with Crippen LogP contribution < -0.4 is 16.6 Å². The van der Waals surface area contributed by atoms with Crippen LogP contribution in [0.2, 0.25) is 5.02 Å². The third-order valence-electron chi connectivity index (χ3n) is 5.93. The van der Waals surface area contributed by atoms with Gasteiger partial charge in [-0.2, -0.15) is 0 Å². The van der Waals surface area contributed by atoms with Gasteiger partial charge in [0.05, 0.1) is 17.9 Å². The molecule has 0 aliphatic rings. The van der Waals surface area contributed by atoms with Crippen LogP contribution in [0.15, 0.2) is 76.4 Å². The van der Waals surface area contributed by atoms with Crippen molar-refractivity contribution in [2.75, 3.05) is 5.32 Å². The molecule has 5 rings (SSSR count). The molecular weight excluding hydrogens is 494 g/mol. The van der Waals surface area contributed by atoms with E-state index >= 15 is 0 Å². The molecule has 0 aliphatic carbocycles. The lowest BCUT2D eigenvalue weighted by molar-refractivity contribution is -0.116. The van der Waals surface area contributed by atoms with Gasteiger partial charge in [0.15, 0.2) is 11.2 Å². The molecule has 186 valence electrons. The number of carbonyl (C=O) groups excluding carboxylic acids is 1. The van der Waals surface area contributed by atoms with E-state index in [1.54, 1.807) is 62.6 Å². The minimum atomic E-state index is -0.542. The summed E-state index contributed by atoms with van der Waals surface area (Å²) in [5.74, 6) is 0.392. The second-order valence-corrected chi connectivity index (χ2v) is 8.87. The smallest absolute Gasteiger partial charge is 0.313 e. The number of aromatic nitrogens is 6. The molecule has 0 aliphatic heterocycles. The fourth-order valence-electron chi connectivity index (χ4n) is 4.08. The van der Waals surface area contributed by atoms with Crippen LogP contribution in [0.5, 0.6) is 0 Å². The second-order valence-electron chi connectivity index (χ2n) is 8.43. The summed E-state index contributed by atoms with van der Waals surface area (Å²) in [4.78, 5) is 52.4. The van der Waals surface area contributed by atoms with E-state index in [1.165, 1.54) is 9.13 Å². The first kappa shape index (κ1) is 24.1. The largest absolute Gasteiger partial charge is 0.332 e. The predicted molar refractivity (Wildman–Crippen MR) is 141 cm³/mol. The number of rotatable bonds is 6. The Morgan fingerprint density at radius 3 is 2.49 bits per heavy atom. The first-order valence-electron chi connectivity index (χ1n) is 11.4. The monoisotopic (exact) mass is 515 g/mol. The minimum Gasteiger partial charge on any atom is -0.313 e. The Morgan fingerprint density at radius 2 is 1.76 bits per heavy atom. The number of amides is 1. The Morgan fingerprint density at radius 1 is 0.973 bits per heavy atom. The molecule has 10 nitrogen and oxygen atoms in total. The van der Waals surface area contributed by atoms with Gasteiger partial charge < -0.3 is 9.88 Å². The van der Waals surface area contributed by atoms with Gasteiger partial charge in [-0.1, -0.05) is 35.9 Å². The van der Waals surface area contributed by atoms with Gasteiger partial charge in [-0.3, -0.25) is 23.7 Å². The molecule has 1 N–H and O–H groups in total. The van der Waals surface area contributed by atoms with Crippen molar-refractivity contribution in [2.45, 2.75) is 20.0 Å². The molecule has 0 saturated carbocycles. The average Bonchev–Trinajstić information content (AvgIpc) is 3.22. The fraction of sp³-hybridized carbons (Fsp3) is 0.154. The molecule has 5 aromatic rings. The molecule has 11 heteroatoms. The van der Waals surface area contributed by atoms with Crippen molar-refractivity contribution in [3.8, 4) is 11.3 Å². The Labute approximate surface area is 215 Å². The molecule has 0 unspecified atom stereocenters. The number of benzene rings is 1. The number of hydrogen-bond donors (Lipinski definition) is 1. The van der Waals surface area contributed by atoms with Crippen LogP contribution in [0.25, 0.3) is 22.4 Å². The van der Waals surface area contributed by atoms with Gasteiger partial charge in [0.1, 0.15) is 18.2 Å². The van der Waals surface area contributed by atoms with Crippen LogP contribution in [-0.4, -0.2) is 34.6 Å². The van der Waals surface area contributed by atoms with Crippen LogP contribution in [0, 0.1) is 6.92 Å². The standard InChI is InChI=1S/C26H22ClN7O3/c1-16-29-24-23(25(36)34(26(37)32(24)2)14-19-6-3-4-13-28-19)33(16)15-22(35)31-21-8-5-7-20(30-21)17-9-11-18(27)12-10-17/h3-13H,14-15H2,1-2H3,(H,30,31,35). The highest BCUT2D eigenvalue weighted by atomic mass is 35.5. The highest BCUT2D eigenvalue weighted by Crippen LogP contribution is 2.21. The molecular formula is C26H22ClN7O3. The zero-order valence-corrected chi connectivity index (χ0v) is 20.8. The number of halogens is 1.